The number of hydrogen-bond donors (Lipinski definition) is 2. The van der Waals surface area contributed by atoms with Gasteiger partial charge in [-0.2, -0.15) is 0 Å². The molecule has 168 valence electrons. The fourth-order valence-electron chi connectivity index (χ4n) is 2.93. The van der Waals surface area contributed by atoms with Crippen LogP contribution < -0.4 is 5.32 Å². The van der Waals surface area contributed by atoms with Gasteiger partial charge in [-0.3, -0.25) is 4.79 Å². The lowest BCUT2D eigenvalue weighted by molar-refractivity contribution is -0.157. The van der Waals surface area contributed by atoms with Gasteiger partial charge in [0.25, 0.3) is 5.91 Å². The van der Waals surface area contributed by atoms with Gasteiger partial charge in [0.15, 0.2) is 0 Å². The molecule has 3 rings (SSSR count). The Balaban J connectivity index is 1.91. The zero-order valence-electron chi connectivity index (χ0n) is 17.6. The molecular weight excluding hydrogens is 426 g/mol. The first-order valence-electron chi connectivity index (χ1n) is 9.98. The van der Waals surface area contributed by atoms with Crippen LogP contribution in [0.15, 0.2) is 84.9 Å². The molecule has 0 aliphatic carbocycles. The highest BCUT2D eigenvalue weighted by atomic mass is 16.6. The summed E-state index contributed by atoms with van der Waals surface area (Å²) < 4.78 is 10.4. The van der Waals surface area contributed by atoms with E-state index in [2.05, 4.69) is 5.32 Å². The molecule has 8 nitrogen and oxygen atoms in total. The van der Waals surface area contributed by atoms with Gasteiger partial charge in [-0.05, 0) is 42.8 Å². The van der Waals surface area contributed by atoms with Gasteiger partial charge in [0.1, 0.15) is 0 Å². The Morgan fingerprint density at radius 2 is 1.15 bits per heavy atom. The molecule has 2 atom stereocenters. The predicted octanol–water partition coefficient (Wildman–Crippen LogP) is 3.47. The number of nitrogens with one attached hydrogen (secondary N) is 1. The lowest BCUT2D eigenvalue weighted by Crippen LogP contribution is -2.48. The molecule has 0 aliphatic heterocycles. The van der Waals surface area contributed by atoms with Crippen LogP contribution in [0.25, 0.3) is 0 Å². The number of carboxylic acids is 1. The third-order valence-electron chi connectivity index (χ3n) is 4.67. The number of rotatable bonds is 8. The van der Waals surface area contributed by atoms with Crippen molar-refractivity contribution >= 4 is 29.5 Å². The molecule has 33 heavy (non-hydrogen) atoms. The number of esters is 2. The van der Waals surface area contributed by atoms with Crippen molar-refractivity contribution in [3.8, 4) is 0 Å². The van der Waals surface area contributed by atoms with Crippen molar-refractivity contribution in [3.63, 3.8) is 0 Å². The van der Waals surface area contributed by atoms with Gasteiger partial charge in [-0.15, -0.1) is 0 Å². The first-order valence-corrected chi connectivity index (χ1v) is 9.98. The number of amides is 1. The molecule has 8 heteroatoms. The Morgan fingerprint density at radius 3 is 1.64 bits per heavy atom. The van der Waals surface area contributed by atoms with E-state index in [-0.39, 0.29) is 11.1 Å². The van der Waals surface area contributed by atoms with E-state index in [4.69, 9.17) is 9.47 Å². The second-order valence-electron chi connectivity index (χ2n) is 7.03. The number of carbonyl (C=O) groups excluding carboxylic acids is 3. The number of hydrogen-bond acceptors (Lipinski definition) is 6. The van der Waals surface area contributed by atoms with Crippen molar-refractivity contribution in [1.29, 1.82) is 0 Å². The number of anilines is 1. The number of benzene rings is 3. The Hall–Kier alpha value is -4.46. The molecule has 0 unspecified atom stereocenters. The summed E-state index contributed by atoms with van der Waals surface area (Å²) in [5.41, 5.74) is 1.27. The van der Waals surface area contributed by atoms with Crippen molar-refractivity contribution in [1.82, 2.24) is 0 Å². The van der Waals surface area contributed by atoms with Crippen LogP contribution in [0.5, 0.6) is 0 Å². The van der Waals surface area contributed by atoms with Crippen LogP contribution in [0.4, 0.5) is 5.69 Å². The minimum atomic E-state index is -2.09. The Kier molecular flexibility index (Phi) is 7.54. The van der Waals surface area contributed by atoms with Gasteiger partial charge in [-0.1, -0.05) is 54.6 Å². The molecule has 0 radical (unpaired) electrons. The van der Waals surface area contributed by atoms with Gasteiger partial charge in [0.05, 0.1) is 11.1 Å². The maximum atomic E-state index is 13.1. The topological polar surface area (TPSA) is 119 Å². The summed E-state index contributed by atoms with van der Waals surface area (Å²) in [6.45, 7) is 1.74. The summed E-state index contributed by atoms with van der Waals surface area (Å²) in [6, 6.07) is 22.2. The lowest BCUT2D eigenvalue weighted by Gasteiger charge is -2.24. The lowest BCUT2D eigenvalue weighted by atomic mass is 10.1. The van der Waals surface area contributed by atoms with Crippen molar-refractivity contribution < 1.29 is 33.8 Å². The highest BCUT2D eigenvalue weighted by Crippen LogP contribution is 2.18. The van der Waals surface area contributed by atoms with Crippen molar-refractivity contribution in [2.45, 2.75) is 19.1 Å². The molecule has 0 aliphatic rings. The van der Waals surface area contributed by atoms with Crippen LogP contribution in [0.1, 0.15) is 26.3 Å². The Labute approximate surface area is 189 Å². The molecule has 0 spiro atoms. The summed E-state index contributed by atoms with van der Waals surface area (Å²) >= 11 is 0. The third-order valence-corrected chi connectivity index (χ3v) is 4.67. The first-order chi connectivity index (χ1) is 15.9. The molecule has 3 aromatic rings. The zero-order chi connectivity index (χ0) is 23.8. The molecule has 0 saturated heterocycles. The standard InChI is InChI=1S/C25H21NO7/c1-16-10-8-9-15-19(16)26-22(27)20(32-24(30)17-11-4-2-5-12-17)21(23(28)29)33-25(31)18-13-6-3-7-14-18/h2-15,20-21H,1H3,(H,26,27)(H,28,29)/t20-,21-/m1/s1. The smallest absolute Gasteiger partial charge is 0.349 e. The second-order valence-corrected chi connectivity index (χ2v) is 7.03. The normalized spacial score (nSPS) is 12.2. The van der Waals surface area contributed by atoms with E-state index in [1.807, 2.05) is 0 Å². The molecular formula is C25H21NO7. The molecule has 1 amide bonds. The molecule has 0 saturated carbocycles. The van der Waals surface area contributed by atoms with Crippen molar-refractivity contribution in [2.24, 2.45) is 0 Å². The molecule has 0 bridgehead atoms. The van der Waals surface area contributed by atoms with E-state index in [0.717, 1.165) is 0 Å². The third kappa shape index (κ3) is 6.04. The number of aliphatic carboxylic acids is 1. The summed E-state index contributed by atoms with van der Waals surface area (Å²) in [4.78, 5) is 50.2. The van der Waals surface area contributed by atoms with Crippen LogP contribution in [-0.2, 0) is 19.1 Å². The summed E-state index contributed by atoms with van der Waals surface area (Å²) in [6.07, 6.45) is -4.04. The number of carboxylic acid groups (broad SMARTS) is 1. The fraction of sp³-hybridized carbons (Fsp3) is 0.120. The monoisotopic (exact) mass is 447 g/mol. The molecule has 0 aromatic heterocycles. The maximum Gasteiger partial charge on any atom is 0.349 e. The second kappa shape index (κ2) is 10.7. The average molecular weight is 447 g/mol. The Morgan fingerprint density at radius 1 is 0.697 bits per heavy atom. The van der Waals surface area contributed by atoms with Gasteiger partial charge < -0.3 is 19.9 Å². The average Bonchev–Trinajstić information content (AvgIpc) is 2.83. The van der Waals surface area contributed by atoms with E-state index in [9.17, 15) is 24.3 Å². The van der Waals surface area contributed by atoms with E-state index in [1.54, 1.807) is 67.6 Å². The minimum absolute atomic E-state index is 0.0798. The number of ether oxygens (including phenoxy) is 2. The van der Waals surface area contributed by atoms with Crippen LogP contribution in [0.3, 0.4) is 0 Å². The van der Waals surface area contributed by atoms with E-state index < -0.39 is 36.0 Å². The Bertz CT molecular complexity index is 1150. The maximum absolute atomic E-state index is 13.1. The number of aryl methyl sites for hydroxylation is 1. The molecule has 0 fully saturated rings. The van der Waals surface area contributed by atoms with Crippen LogP contribution >= 0.6 is 0 Å². The highest BCUT2D eigenvalue weighted by Gasteiger charge is 2.41. The van der Waals surface area contributed by atoms with Gasteiger partial charge in [0, 0.05) is 5.69 Å². The van der Waals surface area contributed by atoms with E-state index in [0.29, 0.717) is 11.3 Å². The van der Waals surface area contributed by atoms with Crippen LogP contribution in [0.2, 0.25) is 0 Å². The van der Waals surface area contributed by atoms with Crippen LogP contribution in [0, 0.1) is 6.92 Å². The van der Waals surface area contributed by atoms with E-state index >= 15 is 0 Å². The summed E-state index contributed by atoms with van der Waals surface area (Å²) in [7, 11) is 0. The first kappa shape index (κ1) is 23.2. The molecule has 2 N–H and O–H groups in total. The quantitative estimate of drug-likeness (QED) is 0.508. The van der Waals surface area contributed by atoms with Crippen molar-refractivity contribution in [3.05, 3.63) is 102 Å². The SMILES string of the molecule is Cc1ccccc1NC(=O)[C@H](OC(=O)c1ccccc1)[C@@H](OC(=O)c1ccccc1)C(=O)O. The van der Waals surface area contributed by atoms with Gasteiger partial charge in [-0.25, -0.2) is 14.4 Å². The summed E-state index contributed by atoms with van der Waals surface area (Å²) in [5, 5.41) is 12.3. The van der Waals surface area contributed by atoms with Gasteiger partial charge >= 0.3 is 17.9 Å². The highest BCUT2D eigenvalue weighted by molar-refractivity contribution is 6.01. The summed E-state index contributed by atoms with van der Waals surface area (Å²) in [5.74, 6) is -4.53. The fourth-order valence-corrected chi connectivity index (χ4v) is 2.93. The zero-order valence-corrected chi connectivity index (χ0v) is 17.6. The minimum Gasteiger partial charge on any atom is -0.478 e. The van der Waals surface area contributed by atoms with E-state index in [1.165, 1.54) is 24.3 Å². The van der Waals surface area contributed by atoms with Crippen LogP contribution in [-0.4, -0.2) is 41.1 Å². The number of para-hydroxylation sites is 1. The molecule has 0 heterocycles. The number of carbonyl (C=O) groups is 4. The largest absolute Gasteiger partial charge is 0.478 e. The van der Waals surface area contributed by atoms with Gasteiger partial charge in [0.2, 0.25) is 12.2 Å². The van der Waals surface area contributed by atoms with Crippen molar-refractivity contribution in [2.75, 3.05) is 5.32 Å². The predicted molar refractivity (Wildman–Crippen MR) is 119 cm³/mol. The molecule has 3 aromatic carbocycles.